The van der Waals surface area contributed by atoms with Crippen molar-refractivity contribution in [3.8, 4) is 22.0 Å². The summed E-state index contributed by atoms with van der Waals surface area (Å²) in [5, 5.41) is 11.5. The van der Waals surface area contributed by atoms with E-state index in [-0.39, 0.29) is 0 Å². The summed E-state index contributed by atoms with van der Waals surface area (Å²) in [4.78, 5) is 18.6. The summed E-state index contributed by atoms with van der Waals surface area (Å²) in [7, 11) is 1.93. The molecule has 3 heterocycles. The fourth-order valence-corrected chi connectivity index (χ4v) is 4.31. The average molecular weight is 378 g/mol. The Morgan fingerprint density at radius 2 is 1.96 bits per heavy atom. The maximum atomic E-state index is 10.7. The molecule has 0 bridgehead atoms. The molecule has 1 aliphatic rings. The Kier molecular flexibility index (Phi) is 3.70. The number of thiazole rings is 1. The van der Waals surface area contributed by atoms with E-state index in [0.29, 0.717) is 23.1 Å². The van der Waals surface area contributed by atoms with Gasteiger partial charge in [-0.05, 0) is 18.8 Å². The zero-order chi connectivity index (χ0) is 18.5. The number of anilines is 1. The van der Waals surface area contributed by atoms with Gasteiger partial charge in [0, 0.05) is 12.6 Å². The first-order valence-electron chi connectivity index (χ1n) is 8.81. The van der Waals surface area contributed by atoms with Crippen molar-refractivity contribution in [1.82, 2.24) is 24.5 Å². The van der Waals surface area contributed by atoms with Gasteiger partial charge in [-0.15, -0.1) is 0 Å². The minimum atomic E-state index is -0.564. The molecule has 1 unspecified atom stereocenters. The number of fused-ring (bicyclic) bond motifs is 1. The molecule has 8 heteroatoms. The van der Waals surface area contributed by atoms with Crippen LogP contribution in [0.1, 0.15) is 24.8 Å². The van der Waals surface area contributed by atoms with Crippen LogP contribution in [0.4, 0.5) is 5.82 Å². The third-order valence-corrected chi connectivity index (χ3v) is 5.91. The number of nitrogens with zero attached hydrogens (tertiary/aromatic N) is 5. The summed E-state index contributed by atoms with van der Waals surface area (Å²) in [5.74, 6) is 1.33. The van der Waals surface area contributed by atoms with Gasteiger partial charge in [0.2, 0.25) is 0 Å². The highest BCUT2D eigenvalue weighted by atomic mass is 32.1. The lowest BCUT2D eigenvalue weighted by molar-refractivity contribution is 0.141. The van der Waals surface area contributed by atoms with Gasteiger partial charge in [0.15, 0.2) is 5.82 Å². The van der Waals surface area contributed by atoms with Crippen LogP contribution in [0.5, 0.6) is 0 Å². The standard InChI is InChI=1S/C19H18N6OS/c1-25-14(19-24-13-16(20)21-9-22-18(13)27-19)12(10-5-3-2-4-6-10)23-17(25)15(26)11-7-8-11/h2-6,9,11,15,26H,7-8H2,1H3,(H2,20,21,22). The van der Waals surface area contributed by atoms with Crippen molar-refractivity contribution in [2.24, 2.45) is 13.0 Å². The first kappa shape index (κ1) is 16.3. The molecule has 27 heavy (non-hydrogen) atoms. The number of aromatic nitrogens is 5. The van der Waals surface area contributed by atoms with E-state index < -0.39 is 6.10 Å². The van der Waals surface area contributed by atoms with Crippen LogP contribution in [0.2, 0.25) is 0 Å². The molecule has 0 aliphatic heterocycles. The summed E-state index contributed by atoms with van der Waals surface area (Å²) in [5.41, 5.74) is 9.21. The topological polar surface area (TPSA) is 103 Å². The van der Waals surface area contributed by atoms with Crippen molar-refractivity contribution in [1.29, 1.82) is 0 Å². The maximum Gasteiger partial charge on any atom is 0.154 e. The number of benzene rings is 1. The number of hydrogen-bond acceptors (Lipinski definition) is 7. The molecule has 136 valence electrons. The highest BCUT2D eigenvalue weighted by Gasteiger charge is 2.35. The maximum absolute atomic E-state index is 10.7. The summed E-state index contributed by atoms with van der Waals surface area (Å²) in [6.07, 6.45) is 2.96. The van der Waals surface area contributed by atoms with Crippen LogP contribution in [0.3, 0.4) is 0 Å². The zero-order valence-corrected chi connectivity index (χ0v) is 15.5. The van der Waals surface area contributed by atoms with Gasteiger partial charge in [-0.1, -0.05) is 41.7 Å². The van der Waals surface area contributed by atoms with Gasteiger partial charge in [-0.3, -0.25) is 0 Å². The van der Waals surface area contributed by atoms with Crippen molar-refractivity contribution in [2.45, 2.75) is 18.9 Å². The van der Waals surface area contributed by atoms with Crippen molar-refractivity contribution in [3.05, 3.63) is 42.5 Å². The highest BCUT2D eigenvalue weighted by Crippen LogP contribution is 2.43. The Morgan fingerprint density at radius 3 is 2.67 bits per heavy atom. The first-order valence-corrected chi connectivity index (χ1v) is 9.62. The van der Waals surface area contributed by atoms with Crippen LogP contribution < -0.4 is 5.73 Å². The molecule has 3 N–H and O–H groups in total. The monoisotopic (exact) mass is 378 g/mol. The summed E-state index contributed by atoms with van der Waals surface area (Å²) in [6.45, 7) is 0. The van der Waals surface area contributed by atoms with Gasteiger partial charge >= 0.3 is 0 Å². The minimum Gasteiger partial charge on any atom is -0.385 e. The number of nitrogens with two attached hydrogens (primary N) is 1. The Hall–Kier alpha value is -2.84. The van der Waals surface area contributed by atoms with Crippen molar-refractivity contribution in [2.75, 3.05) is 5.73 Å². The SMILES string of the molecule is Cn1c(C(O)C2CC2)nc(-c2ccccc2)c1-c1nc2c(N)ncnc2s1. The third kappa shape index (κ3) is 2.68. The van der Waals surface area contributed by atoms with Gasteiger partial charge in [0.05, 0.1) is 5.69 Å². The lowest BCUT2D eigenvalue weighted by Gasteiger charge is -2.09. The first-order chi connectivity index (χ1) is 13.1. The Bertz CT molecular complexity index is 1130. The molecular weight excluding hydrogens is 360 g/mol. The molecule has 1 fully saturated rings. The van der Waals surface area contributed by atoms with Gasteiger partial charge in [-0.25, -0.2) is 19.9 Å². The number of imidazole rings is 1. The highest BCUT2D eigenvalue weighted by molar-refractivity contribution is 7.21. The molecule has 0 saturated heterocycles. The Labute approximate surface area is 159 Å². The van der Waals surface area contributed by atoms with E-state index in [9.17, 15) is 5.11 Å². The molecule has 1 saturated carbocycles. The van der Waals surface area contributed by atoms with Gasteiger partial charge in [0.1, 0.15) is 39.3 Å². The largest absolute Gasteiger partial charge is 0.385 e. The van der Waals surface area contributed by atoms with Gasteiger partial charge in [0.25, 0.3) is 0 Å². The molecular formula is C19H18N6OS. The van der Waals surface area contributed by atoms with E-state index in [1.165, 1.54) is 17.7 Å². The second-order valence-electron chi connectivity index (χ2n) is 6.81. The zero-order valence-electron chi connectivity index (χ0n) is 14.7. The van der Waals surface area contributed by atoms with Gasteiger partial charge in [-0.2, -0.15) is 0 Å². The summed E-state index contributed by atoms with van der Waals surface area (Å²) in [6, 6.07) is 9.96. The predicted octanol–water partition coefficient (Wildman–Crippen LogP) is 3.18. The van der Waals surface area contributed by atoms with Crippen LogP contribution in [0.15, 0.2) is 36.7 Å². The molecule has 4 aromatic rings. The van der Waals surface area contributed by atoms with E-state index in [2.05, 4.69) is 15.0 Å². The van der Waals surface area contributed by atoms with E-state index >= 15 is 0 Å². The fraction of sp³-hybridized carbons (Fsp3) is 0.263. The lowest BCUT2D eigenvalue weighted by atomic mass is 10.1. The van der Waals surface area contributed by atoms with Crippen molar-refractivity contribution >= 4 is 27.5 Å². The van der Waals surface area contributed by atoms with Crippen LogP contribution in [-0.2, 0) is 7.05 Å². The normalized spacial score (nSPS) is 15.3. The summed E-state index contributed by atoms with van der Waals surface area (Å²) < 4.78 is 1.95. The number of nitrogen functional groups attached to an aromatic ring is 1. The fourth-order valence-electron chi connectivity index (χ4n) is 3.32. The van der Waals surface area contributed by atoms with E-state index in [4.69, 9.17) is 10.7 Å². The van der Waals surface area contributed by atoms with Crippen LogP contribution in [-0.4, -0.2) is 29.6 Å². The average Bonchev–Trinajstić information content (AvgIpc) is 3.35. The van der Waals surface area contributed by atoms with Gasteiger partial charge < -0.3 is 15.4 Å². The smallest absolute Gasteiger partial charge is 0.154 e. The molecule has 1 aromatic carbocycles. The number of hydrogen-bond donors (Lipinski definition) is 2. The second-order valence-corrected chi connectivity index (χ2v) is 7.78. The molecule has 1 aliphatic carbocycles. The third-order valence-electron chi connectivity index (χ3n) is 4.94. The van der Waals surface area contributed by atoms with Crippen molar-refractivity contribution < 1.29 is 5.11 Å². The minimum absolute atomic E-state index is 0.291. The molecule has 5 rings (SSSR count). The Balaban J connectivity index is 1.74. The molecule has 0 spiro atoms. The van der Waals surface area contributed by atoms with E-state index in [1.807, 2.05) is 41.9 Å². The van der Waals surface area contributed by atoms with E-state index in [0.717, 1.165) is 39.6 Å². The molecule has 0 amide bonds. The predicted molar refractivity (Wildman–Crippen MR) is 105 cm³/mol. The number of aliphatic hydroxyl groups excluding tert-OH is 1. The molecule has 1 atom stereocenters. The van der Waals surface area contributed by atoms with E-state index in [1.54, 1.807) is 0 Å². The Morgan fingerprint density at radius 1 is 1.19 bits per heavy atom. The lowest BCUT2D eigenvalue weighted by Crippen LogP contribution is -2.08. The number of rotatable bonds is 4. The van der Waals surface area contributed by atoms with Crippen molar-refractivity contribution in [3.63, 3.8) is 0 Å². The molecule has 3 aromatic heterocycles. The molecule has 7 nitrogen and oxygen atoms in total. The molecule has 0 radical (unpaired) electrons. The van der Waals surface area contributed by atoms with Crippen LogP contribution >= 0.6 is 11.3 Å². The number of aliphatic hydroxyl groups is 1. The second kappa shape index (κ2) is 6.11. The van der Waals surface area contributed by atoms with Crippen LogP contribution in [0, 0.1) is 5.92 Å². The van der Waals surface area contributed by atoms with Crippen LogP contribution in [0.25, 0.3) is 32.3 Å². The quantitative estimate of drug-likeness (QED) is 0.565. The summed E-state index contributed by atoms with van der Waals surface area (Å²) >= 11 is 1.45.